The lowest BCUT2D eigenvalue weighted by Gasteiger charge is -2.28. The van der Waals surface area contributed by atoms with Crippen molar-refractivity contribution in [2.45, 2.75) is 25.3 Å². The molecule has 4 nitrogen and oxygen atoms in total. The van der Waals surface area contributed by atoms with E-state index < -0.39 is 11.4 Å². The standard InChI is InChI=1S/C20H22N2O2/c1-5-23-19(3,17-13-9-7-10-14-17)21-22-20(4,24-6-2)18-15-11-8-12-16-18/h5-16H,1-2H2,3-4H3. The van der Waals surface area contributed by atoms with Crippen LogP contribution in [0.1, 0.15) is 25.0 Å². The van der Waals surface area contributed by atoms with E-state index in [4.69, 9.17) is 9.47 Å². The molecule has 0 bridgehead atoms. The van der Waals surface area contributed by atoms with Gasteiger partial charge >= 0.3 is 0 Å². The molecular weight excluding hydrogens is 300 g/mol. The number of nitrogens with zero attached hydrogens (tertiary/aromatic N) is 2. The molecule has 0 aliphatic heterocycles. The van der Waals surface area contributed by atoms with Crippen LogP contribution < -0.4 is 0 Å². The highest BCUT2D eigenvalue weighted by Crippen LogP contribution is 2.33. The first kappa shape index (κ1) is 17.5. The molecule has 2 aromatic carbocycles. The fourth-order valence-electron chi connectivity index (χ4n) is 2.31. The SMILES string of the molecule is C=COC(C)(N=NC(C)(OC=C)c1ccccc1)c1ccccc1. The van der Waals surface area contributed by atoms with Gasteiger partial charge < -0.3 is 9.47 Å². The van der Waals surface area contributed by atoms with Crippen LogP contribution in [0.5, 0.6) is 0 Å². The van der Waals surface area contributed by atoms with Crippen LogP contribution in [0.25, 0.3) is 0 Å². The van der Waals surface area contributed by atoms with E-state index in [-0.39, 0.29) is 0 Å². The van der Waals surface area contributed by atoms with Crippen LogP contribution >= 0.6 is 0 Å². The van der Waals surface area contributed by atoms with Gasteiger partial charge in [-0.15, -0.1) is 10.2 Å². The summed E-state index contributed by atoms with van der Waals surface area (Å²) >= 11 is 0. The van der Waals surface area contributed by atoms with Crippen LogP contribution in [0.15, 0.2) is 96.6 Å². The first-order valence-electron chi connectivity index (χ1n) is 7.66. The van der Waals surface area contributed by atoms with Gasteiger partial charge in [0, 0.05) is 25.0 Å². The summed E-state index contributed by atoms with van der Waals surface area (Å²) in [5.74, 6) is 0. The fourth-order valence-corrected chi connectivity index (χ4v) is 2.31. The first-order valence-corrected chi connectivity index (χ1v) is 7.66. The van der Waals surface area contributed by atoms with E-state index in [1.807, 2.05) is 74.5 Å². The third-order valence-corrected chi connectivity index (χ3v) is 3.68. The predicted molar refractivity (Wildman–Crippen MR) is 95.0 cm³/mol. The lowest BCUT2D eigenvalue weighted by atomic mass is 10.0. The number of hydrogen-bond acceptors (Lipinski definition) is 4. The quantitative estimate of drug-likeness (QED) is 0.475. The fraction of sp³-hybridized carbons (Fsp3) is 0.200. The van der Waals surface area contributed by atoms with Crippen molar-refractivity contribution in [1.82, 2.24) is 0 Å². The Morgan fingerprint density at radius 1 is 0.708 bits per heavy atom. The Hall–Kier alpha value is -2.88. The lowest BCUT2D eigenvalue weighted by Crippen LogP contribution is -2.25. The summed E-state index contributed by atoms with van der Waals surface area (Å²) < 4.78 is 11.3. The minimum Gasteiger partial charge on any atom is -0.469 e. The van der Waals surface area contributed by atoms with E-state index in [0.29, 0.717) is 0 Å². The molecule has 4 heteroatoms. The Labute approximate surface area is 143 Å². The minimum atomic E-state index is -0.996. The van der Waals surface area contributed by atoms with Crippen LogP contribution in [0.3, 0.4) is 0 Å². The van der Waals surface area contributed by atoms with Gasteiger partial charge in [-0.25, -0.2) is 0 Å². The van der Waals surface area contributed by atoms with Crippen molar-refractivity contribution in [2.24, 2.45) is 10.2 Å². The summed E-state index contributed by atoms with van der Waals surface area (Å²) in [6.07, 6.45) is 2.72. The van der Waals surface area contributed by atoms with Gasteiger partial charge in [-0.1, -0.05) is 73.8 Å². The van der Waals surface area contributed by atoms with Crippen LogP contribution in [0, 0.1) is 0 Å². The van der Waals surface area contributed by atoms with Crippen LogP contribution in [-0.4, -0.2) is 0 Å². The Kier molecular flexibility index (Phi) is 5.53. The summed E-state index contributed by atoms with van der Waals surface area (Å²) in [5, 5.41) is 8.88. The molecule has 0 aliphatic rings. The monoisotopic (exact) mass is 322 g/mol. The predicted octanol–water partition coefficient (Wildman–Crippen LogP) is 5.50. The molecule has 0 saturated carbocycles. The molecule has 0 N–H and O–H groups in total. The molecule has 0 aliphatic carbocycles. The van der Waals surface area contributed by atoms with Gasteiger partial charge in [-0.05, 0) is 0 Å². The first-order chi connectivity index (χ1) is 11.5. The van der Waals surface area contributed by atoms with Gasteiger partial charge in [0.05, 0.1) is 12.5 Å². The number of hydrogen-bond donors (Lipinski definition) is 0. The molecule has 0 heterocycles. The third kappa shape index (κ3) is 3.90. The van der Waals surface area contributed by atoms with Crippen LogP contribution in [-0.2, 0) is 20.9 Å². The second-order valence-electron chi connectivity index (χ2n) is 5.47. The van der Waals surface area contributed by atoms with Gasteiger partial charge in [0.15, 0.2) is 0 Å². The molecule has 0 aromatic heterocycles. The molecule has 0 radical (unpaired) electrons. The van der Waals surface area contributed by atoms with Gasteiger partial charge in [-0.2, -0.15) is 0 Å². The Morgan fingerprint density at radius 2 is 1.04 bits per heavy atom. The topological polar surface area (TPSA) is 43.2 Å². The van der Waals surface area contributed by atoms with E-state index in [2.05, 4.69) is 23.4 Å². The highest BCUT2D eigenvalue weighted by atomic mass is 16.5. The van der Waals surface area contributed by atoms with Gasteiger partial charge in [0.25, 0.3) is 0 Å². The highest BCUT2D eigenvalue weighted by Gasteiger charge is 2.32. The van der Waals surface area contributed by atoms with Crippen molar-refractivity contribution in [1.29, 1.82) is 0 Å². The summed E-state index contributed by atoms with van der Waals surface area (Å²) in [4.78, 5) is 0. The summed E-state index contributed by atoms with van der Waals surface area (Å²) in [6.45, 7) is 10.9. The average molecular weight is 322 g/mol. The zero-order chi connectivity index (χ0) is 17.5. The Bertz CT molecular complexity index is 639. The van der Waals surface area contributed by atoms with Crippen molar-refractivity contribution in [3.05, 3.63) is 97.5 Å². The molecule has 0 fully saturated rings. The summed E-state index contributed by atoms with van der Waals surface area (Å²) in [5.41, 5.74) is -0.266. The number of rotatable bonds is 8. The average Bonchev–Trinajstić information content (AvgIpc) is 2.62. The largest absolute Gasteiger partial charge is 0.469 e. The molecule has 124 valence electrons. The molecule has 0 amide bonds. The summed E-state index contributed by atoms with van der Waals surface area (Å²) in [6, 6.07) is 19.3. The van der Waals surface area contributed by atoms with E-state index in [9.17, 15) is 0 Å². The zero-order valence-corrected chi connectivity index (χ0v) is 14.1. The number of benzene rings is 2. The van der Waals surface area contributed by atoms with Gasteiger partial charge in [0.2, 0.25) is 11.4 Å². The maximum Gasteiger partial charge on any atom is 0.241 e. The van der Waals surface area contributed by atoms with E-state index in [1.165, 1.54) is 12.5 Å². The molecule has 0 spiro atoms. The molecule has 0 saturated heterocycles. The summed E-state index contributed by atoms with van der Waals surface area (Å²) in [7, 11) is 0. The normalized spacial score (nSPS) is 15.9. The highest BCUT2D eigenvalue weighted by molar-refractivity contribution is 5.23. The van der Waals surface area contributed by atoms with Crippen molar-refractivity contribution in [3.8, 4) is 0 Å². The molecule has 24 heavy (non-hydrogen) atoms. The maximum atomic E-state index is 5.65. The number of ether oxygens (including phenoxy) is 2. The van der Waals surface area contributed by atoms with E-state index in [0.717, 1.165) is 11.1 Å². The minimum absolute atomic E-state index is 0.864. The van der Waals surface area contributed by atoms with Crippen molar-refractivity contribution in [2.75, 3.05) is 0 Å². The maximum absolute atomic E-state index is 5.65. The van der Waals surface area contributed by atoms with Crippen molar-refractivity contribution in [3.63, 3.8) is 0 Å². The number of azo groups is 1. The second-order valence-corrected chi connectivity index (χ2v) is 5.47. The van der Waals surface area contributed by atoms with E-state index >= 15 is 0 Å². The molecule has 2 atom stereocenters. The van der Waals surface area contributed by atoms with Crippen LogP contribution in [0.2, 0.25) is 0 Å². The smallest absolute Gasteiger partial charge is 0.241 e. The van der Waals surface area contributed by atoms with Gasteiger partial charge in [0.1, 0.15) is 0 Å². The van der Waals surface area contributed by atoms with Crippen molar-refractivity contribution >= 4 is 0 Å². The zero-order valence-electron chi connectivity index (χ0n) is 14.1. The molecule has 2 aromatic rings. The second kappa shape index (κ2) is 7.59. The lowest BCUT2D eigenvalue weighted by molar-refractivity contribution is 0.00168. The van der Waals surface area contributed by atoms with E-state index in [1.54, 1.807) is 0 Å². The van der Waals surface area contributed by atoms with Crippen molar-refractivity contribution < 1.29 is 9.47 Å². The molecular formula is C20H22N2O2. The third-order valence-electron chi connectivity index (χ3n) is 3.68. The molecule has 2 unspecified atom stereocenters. The Morgan fingerprint density at radius 3 is 1.33 bits per heavy atom. The van der Waals surface area contributed by atoms with Crippen LogP contribution in [0.4, 0.5) is 0 Å². The molecule has 2 rings (SSSR count). The Balaban J connectivity index is 2.42. The van der Waals surface area contributed by atoms with Gasteiger partial charge in [-0.3, -0.25) is 0 Å².